The van der Waals surface area contributed by atoms with Crippen molar-refractivity contribution in [2.24, 2.45) is 0 Å². The van der Waals surface area contributed by atoms with Crippen molar-refractivity contribution in [3.8, 4) is 0 Å². The Morgan fingerprint density at radius 1 is 1.83 bits per heavy atom. The number of likely N-dealkylation sites (N-methyl/N-ethyl adjacent to an activating group) is 1. The maximum atomic E-state index is 11.2. The first-order valence-corrected chi connectivity index (χ1v) is 3.82. The Balaban J connectivity index is 2.80. The largest absolute Gasteiger partial charge is 0.464 e. The fourth-order valence-electron chi connectivity index (χ4n) is 1.39. The van der Waals surface area contributed by atoms with Gasteiger partial charge in [0.2, 0.25) is 0 Å². The highest BCUT2D eigenvalue weighted by Gasteiger charge is 2.48. The van der Waals surface area contributed by atoms with Gasteiger partial charge in [-0.25, -0.2) is 4.79 Å². The lowest BCUT2D eigenvalue weighted by Gasteiger charge is -2.28. The molecule has 0 aromatic rings. The van der Waals surface area contributed by atoms with Crippen molar-refractivity contribution < 1.29 is 19.7 Å². The van der Waals surface area contributed by atoms with Gasteiger partial charge in [-0.2, -0.15) is 0 Å². The molecule has 1 saturated heterocycles. The maximum absolute atomic E-state index is 11.2. The molecule has 12 heavy (non-hydrogen) atoms. The zero-order valence-corrected chi connectivity index (χ0v) is 6.91. The molecule has 0 spiro atoms. The third kappa shape index (κ3) is 1.20. The van der Waals surface area contributed by atoms with Crippen molar-refractivity contribution >= 4 is 5.97 Å². The van der Waals surface area contributed by atoms with Gasteiger partial charge in [0, 0.05) is 6.42 Å². The Morgan fingerprint density at radius 2 is 2.50 bits per heavy atom. The molecule has 0 radical (unpaired) electrons. The molecule has 0 bridgehead atoms. The highest BCUT2D eigenvalue weighted by Crippen LogP contribution is 2.23. The number of carbonyl (C=O) groups excluding carboxylic acids is 1. The number of hydrogen-bond acceptors (Lipinski definition) is 5. The smallest absolute Gasteiger partial charge is 0.329 e. The molecule has 5 heteroatoms. The number of aliphatic hydroxyl groups is 2. The molecule has 3 N–H and O–H groups in total. The average Bonchev–Trinajstić information content (AvgIpc) is 2.46. The average molecular weight is 175 g/mol. The van der Waals surface area contributed by atoms with Gasteiger partial charge in [0.1, 0.15) is 11.6 Å². The Bertz CT molecular complexity index is 184. The summed E-state index contributed by atoms with van der Waals surface area (Å²) < 4.78 is 4.71. The number of hydrogen-bond donors (Lipinski definition) is 3. The number of cyclic esters (lactones) is 1. The monoisotopic (exact) mass is 175 g/mol. The van der Waals surface area contributed by atoms with Crippen molar-refractivity contribution in [1.29, 1.82) is 0 Å². The van der Waals surface area contributed by atoms with Crippen LogP contribution < -0.4 is 5.32 Å². The van der Waals surface area contributed by atoms with Gasteiger partial charge in [0.05, 0.1) is 13.2 Å². The lowest BCUT2D eigenvalue weighted by molar-refractivity contribution is -0.148. The Labute approximate surface area is 70.3 Å². The van der Waals surface area contributed by atoms with Crippen LogP contribution in [0.5, 0.6) is 0 Å². The molecule has 0 amide bonds. The molecular formula is C7H13NO4. The SMILES string of the molecule is CN[C@@]1([C@H](O)CO)CCOC1=O. The molecule has 0 aromatic heterocycles. The minimum atomic E-state index is -1.10. The van der Waals surface area contributed by atoms with E-state index in [2.05, 4.69) is 5.32 Å². The van der Waals surface area contributed by atoms with E-state index in [1.54, 1.807) is 7.05 Å². The molecule has 2 atom stereocenters. The predicted octanol–water partition coefficient (Wildman–Crippen LogP) is -1.76. The first kappa shape index (κ1) is 9.44. The van der Waals surface area contributed by atoms with Gasteiger partial charge in [-0.3, -0.25) is 0 Å². The lowest BCUT2D eigenvalue weighted by Crippen LogP contribution is -2.57. The second kappa shape index (κ2) is 3.38. The van der Waals surface area contributed by atoms with Crippen LogP contribution >= 0.6 is 0 Å². The zero-order valence-electron chi connectivity index (χ0n) is 6.91. The van der Waals surface area contributed by atoms with E-state index in [1.165, 1.54) is 0 Å². The van der Waals surface area contributed by atoms with Gasteiger partial charge in [-0.15, -0.1) is 0 Å². The highest BCUT2D eigenvalue weighted by atomic mass is 16.5. The highest BCUT2D eigenvalue weighted by molar-refractivity contribution is 5.83. The molecule has 0 saturated carbocycles. The number of rotatable bonds is 3. The van der Waals surface area contributed by atoms with Crippen LogP contribution in [0.4, 0.5) is 0 Å². The Morgan fingerprint density at radius 3 is 2.83 bits per heavy atom. The lowest BCUT2D eigenvalue weighted by atomic mass is 9.91. The van der Waals surface area contributed by atoms with Crippen molar-refractivity contribution in [2.75, 3.05) is 20.3 Å². The summed E-state index contributed by atoms with van der Waals surface area (Å²) in [5, 5.41) is 20.8. The summed E-state index contributed by atoms with van der Waals surface area (Å²) >= 11 is 0. The van der Waals surface area contributed by atoms with E-state index in [0.29, 0.717) is 6.42 Å². The summed E-state index contributed by atoms with van der Waals surface area (Å²) in [5.74, 6) is -0.494. The number of nitrogens with one attached hydrogen (secondary N) is 1. The van der Waals surface area contributed by atoms with E-state index in [9.17, 15) is 9.90 Å². The summed E-state index contributed by atoms with van der Waals surface area (Å²) in [4.78, 5) is 11.2. The number of aliphatic hydroxyl groups excluding tert-OH is 2. The van der Waals surface area contributed by atoms with Gasteiger partial charge in [0.25, 0.3) is 0 Å². The van der Waals surface area contributed by atoms with E-state index in [-0.39, 0.29) is 6.61 Å². The van der Waals surface area contributed by atoms with Crippen LogP contribution in [0.25, 0.3) is 0 Å². The third-order valence-electron chi connectivity index (χ3n) is 2.28. The molecule has 5 nitrogen and oxygen atoms in total. The van der Waals surface area contributed by atoms with Gasteiger partial charge in [-0.1, -0.05) is 0 Å². The van der Waals surface area contributed by atoms with Crippen molar-refractivity contribution in [1.82, 2.24) is 5.32 Å². The second-order valence-electron chi connectivity index (χ2n) is 2.81. The van der Waals surface area contributed by atoms with Gasteiger partial charge >= 0.3 is 5.97 Å². The quantitative estimate of drug-likeness (QED) is 0.443. The zero-order chi connectivity index (χ0) is 9.19. The summed E-state index contributed by atoms with van der Waals surface area (Å²) in [5.41, 5.74) is -1.10. The standard InChI is InChI=1S/C7H13NO4/c1-8-7(5(10)4-9)2-3-12-6(7)11/h5,8-10H,2-4H2,1H3/t5-,7-/m1/s1. The normalized spacial score (nSPS) is 31.8. The van der Waals surface area contributed by atoms with Gasteiger partial charge in [0.15, 0.2) is 0 Å². The minimum absolute atomic E-state index is 0.288. The minimum Gasteiger partial charge on any atom is -0.464 e. The third-order valence-corrected chi connectivity index (χ3v) is 2.28. The van der Waals surface area contributed by atoms with E-state index in [4.69, 9.17) is 9.84 Å². The molecule has 0 unspecified atom stereocenters. The first-order valence-electron chi connectivity index (χ1n) is 3.82. The van der Waals surface area contributed by atoms with Crippen LogP contribution in [-0.4, -0.2) is 48.1 Å². The summed E-state index contributed by atoms with van der Waals surface area (Å²) in [6, 6.07) is 0. The topological polar surface area (TPSA) is 78.8 Å². The molecule has 1 heterocycles. The molecule has 1 rings (SSSR count). The van der Waals surface area contributed by atoms with E-state index in [1.807, 2.05) is 0 Å². The summed E-state index contributed by atoms with van der Waals surface area (Å²) in [6.45, 7) is -0.160. The van der Waals surface area contributed by atoms with E-state index >= 15 is 0 Å². The molecule has 70 valence electrons. The summed E-state index contributed by atoms with van der Waals surface area (Å²) in [6.07, 6.45) is -0.707. The van der Waals surface area contributed by atoms with Crippen molar-refractivity contribution in [3.05, 3.63) is 0 Å². The fraction of sp³-hybridized carbons (Fsp3) is 0.857. The molecule has 0 aromatic carbocycles. The van der Waals surface area contributed by atoms with Crippen LogP contribution in [0, 0.1) is 0 Å². The number of ether oxygens (including phenoxy) is 1. The van der Waals surface area contributed by atoms with Crippen LogP contribution in [0.15, 0.2) is 0 Å². The Hall–Kier alpha value is -0.650. The second-order valence-corrected chi connectivity index (χ2v) is 2.81. The maximum Gasteiger partial charge on any atom is 0.329 e. The number of esters is 1. The van der Waals surface area contributed by atoms with Crippen molar-refractivity contribution in [2.45, 2.75) is 18.1 Å². The van der Waals surface area contributed by atoms with Gasteiger partial charge in [-0.05, 0) is 7.05 Å². The van der Waals surface area contributed by atoms with Crippen LogP contribution in [0.1, 0.15) is 6.42 Å². The molecule has 1 aliphatic rings. The fourth-order valence-corrected chi connectivity index (χ4v) is 1.39. The van der Waals surface area contributed by atoms with E-state index in [0.717, 1.165) is 0 Å². The van der Waals surface area contributed by atoms with E-state index < -0.39 is 24.2 Å². The van der Waals surface area contributed by atoms with Crippen LogP contribution in [0.3, 0.4) is 0 Å². The van der Waals surface area contributed by atoms with Gasteiger partial charge < -0.3 is 20.3 Å². The molecule has 1 fully saturated rings. The summed E-state index contributed by atoms with van der Waals surface area (Å²) in [7, 11) is 1.56. The molecular weight excluding hydrogens is 162 g/mol. The first-order chi connectivity index (χ1) is 5.67. The number of carbonyl (C=O) groups is 1. The predicted molar refractivity (Wildman–Crippen MR) is 40.5 cm³/mol. The van der Waals surface area contributed by atoms with Crippen molar-refractivity contribution in [3.63, 3.8) is 0 Å². The van der Waals surface area contributed by atoms with Crippen LogP contribution in [0.2, 0.25) is 0 Å². The Kier molecular flexibility index (Phi) is 2.66. The molecule has 0 aliphatic carbocycles. The molecule has 1 aliphatic heterocycles. The van der Waals surface area contributed by atoms with Crippen LogP contribution in [-0.2, 0) is 9.53 Å².